The summed E-state index contributed by atoms with van der Waals surface area (Å²) in [6, 6.07) is 27.8. The Kier molecular flexibility index (Phi) is 8.81. The van der Waals surface area contributed by atoms with Crippen LogP contribution in [0.5, 0.6) is 5.75 Å². The molecular weight excluding hydrogens is 461 g/mol. The third kappa shape index (κ3) is 6.16. The van der Waals surface area contributed by atoms with Crippen LogP contribution < -0.4 is 39.4 Å². The number of carboxylic acids is 1. The first-order valence-electron chi connectivity index (χ1n) is 11.9. The molecule has 0 atom stereocenters. The van der Waals surface area contributed by atoms with E-state index in [1.54, 1.807) is 6.07 Å². The molecular formula is C30H26NNaO4. The van der Waals surface area contributed by atoms with Crippen molar-refractivity contribution in [3.63, 3.8) is 0 Å². The Bertz CT molecular complexity index is 1290. The molecule has 0 bridgehead atoms. The van der Waals surface area contributed by atoms with E-state index in [1.165, 1.54) is 11.1 Å². The minimum Gasteiger partial charge on any atom is -0.546 e. The number of carbonyl (C=O) groups is 1. The van der Waals surface area contributed by atoms with Crippen LogP contribution in [-0.4, -0.2) is 17.6 Å². The molecule has 0 amide bonds. The zero-order valence-electron chi connectivity index (χ0n) is 20.4. The van der Waals surface area contributed by atoms with Crippen LogP contribution in [0.4, 0.5) is 0 Å². The standard InChI is InChI=1S/C30H27NO4.Na/c32-28(33)20-34-25-16-9-15-23(18-25)26-17-8-7-14-24(26)19-27-31-29(21-10-3-1-4-11-21)30(35-27)22-12-5-2-6-13-22;/h1-6,9-13,15-16,18H,7-8,14,17,19-20H2,(H,32,33);/q;+1/p-1. The normalized spacial score (nSPS) is 13.2. The van der Waals surface area contributed by atoms with Crippen molar-refractivity contribution in [1.82, 2.24) is 4.98 Å². The summed E-state index contributed by atoms with van der Waals surface area (Å²) in [4.78, 5) is 15.7. The fourth-order valence-corrected chi connectivity index (χ4v) is 4.63. The monoisotopic (exact) mass is 487 g/mol. The zero-order chi connectivity index (χ0) is 24.0. The molecule has 1 aromatic heterocycles. The summed E-state index contributed by atoms with van der Waals surface area (Å²) >= 11 is 0. The third-order valence-corrected chi connectivity index (χ3v) is 6.24. The fourth-order valence-electron chi connectivity index (χ4n) is 4.63. The van der Waals surface area contributed by atoms with E-state index in [0.29, 0.717) is 18.1 Å². The molecule has 36 heavy (non-hydrogen) atoms. The molecule has 0 saturated carbocycles. The molecule has 0 N–H and O–H groups in total. The number of benzene rings is 3. The van der Waals surface area contributed by atoms with Crippen molar-refractivity contribution in [2.45, 2.75) is 32.1 Å². The maximum atomic E-state index is 10.8. The van der Waals surface area contributed by atoms with E-state index in [1.807, 2.05) is 66.7 Å². The first-order chi connectivity index (χ1) is 17.2. The van der Waals surface area contributed by atoms with Crippen molar-refractivity contribution in [3.05, 3.63) is 102 Å². The Morgan fingerprint density at radius 3 is 2.25 bits per heavy atom. The van der Waals surface area contributed by atoms with Crippen molar-refractivity contribution in [2.24, 2.45) is 0 Å². The van der Waals surface area contributed by atoms with Gasteiger partial charge in [0.25, 0.3) is 0 Å². The van der Waals surface area contributed by atoms with Crippen LogP contribution >= 0.6 is 0 Å². The first kappa shape index (κ1) is 26.0. The molecule has 1 aliphatic rings. The van der Waals surface area contributed by atoms with Crippen LogP contribution in [0.2, 0.25) is 0 Å². The van der Waals surface area contributed by atoms with E-state index in [-0.39, 0.29) is 29.6 Å². The Morgan fingerprint density at radius 2 is 1.53 bits per heavy atom. The summed E-state index contributed by atoms with van der Waals surface area (Å²) in [6.07, 6.45) is 4.79. The number of allylic oxidation sites excluding steroid dienone is 2. The Balaban J connectivity index is 0.00000304. The fraction of sp³-hybridized carbons (Fsp3) is 0.200. The molecule has 0 fully saturated rings. The summed E-state index contributed by atoms with van der Waals surface area (Å²) in [5.41, 5.74) is 6.48. The van der Waals surface area contributed by atoms with Gasteiger partial charge in [0, 0.05) is 17.5 Å². The van der Waals surface area contributed by atoms with Crippen molar-refractivity contribution < 1.29 is 48.6 Å². The van der Waals surface area contributed by atoms with E-state index in [2.05, 4.69) is 12.1 Å². The van der Waals surface area contributed by atoms with Crippen LogP contribution in [0.3, 0.4) is 0 Å². The van der Waals surface area contributed by atoms with Crippen molar-refractivity contribution >= 4 is 11.5 Å². The van der Waals surface area contributed by atoms with Gasteiger partial charge in [0.2, 0.25) is 0 Å². The van der Waals surface area contributed by atoms with E-state index in [9.17, 15) is 9.90 Å². The van der Waals surface area contributed by atoms with E-state index >= 15 is 0 Å². The number of hydrogen-bond acceptors (Lipinski definition) is 5. The van der Waals surface area contributed by atoms with Crippen LogP contribution in [0.25, 0.3) is 28.2 Å². The summed E-state index contributed by atoms with van der Waals surface area (Å²) in [5, 5.41) is 10.8. The molecule has 1 aliphatic carbocycles. The van der Waals surface area contributed by atoms with Gasteiger partial charge in [-0.05, 0) is 49.0 Å². The van der Waals surface area contributed by atoms with Gasteiger partial charge >= 0.3 is 29.6 Å². The van der Waals surface area contributed by atoms with Crippen molar-refractivity contribution in [1.29, 1.82) is 0 Å². The number of rotatable bonds is 8. The Labute approximate surface area is 233 Å². The average Bonchev–Trinajstić information content (AvgIpc) is 3.33. The number of aromatic nitrogens is 1. The minimum absolute atomic E-state index is 0. The van der Waals surface area contributed by atoms with Crippen LogP contribution in [0, 0.1) is 0 Å². The van der Waals surface area contributed by atoms with Gasteiger partial charge in [-0.3, -0.25) is 0 Å². The van der Waals surface area contributed by atoms with E-state index < -0.39 is 12.6 Å². The quantitative estimate of drug-likeness (QED) is 0.357. The molecule has 5 nitrogen and oxygen atoms in total. The van der Waals surface area contributed by atoms with Crippen LogP contribution in [0.15, 0.2) is 94.9 Å². The second kappa shape index (κ2) is 12.2. The Hall–Kier alpha value is -3.12. The molecule has 0 unspecified atom stereocenters. The van der Waals surface area contributed by atoms with Gasteiger partial charge in [0.1, 0.15) is 18.1 Å². The van der Waals surface area contributed by atoms with Crippen molar-refractivity contribution in [2.75, 3.05) is 6.61 Å². The number of carbonyl (C=O) groups excluding carboxylic acids is 1. The predicted molar refractivity (Wildman–Crippen MR) is 133 cm³/mol. The molecule has 0 radical (unpaired) electrons. The Morgan fingerprint density at radius 1 is 0.861 bits per heavy atom. The molecule has 176 valence electrons. The smallest absolute Gasteiger partial charge is 0.546 e. The maximum absolute atomic E-state index is 10.8. The summed E-state index contributed by atoms with van der Waals surface area (Å²) < 4.78 is 11.7. The van der Waals surface area contributed by atoms with Crippen LogP contribution in [0.1, 0.15) is 37.1 Å². The summed E-state index contributed by atoms with van der Waals surface area (Å²) in [7, 11) is 0. The molecule has 6 heteroatoms. The SMILES string of the molecule is O=C([O-])COc1cccc(C2=C(Cc3nc(-c4ccccc4)c(-c4ccccc4)o3)CCCC2)c1.[Na+]. The molecule has 0 spiro atoms. The van der Waals surface area contributed by atoms with Gasteiger partial charge < -0.3 is 19.1 Å². The largest absolute Gasteiger partial charge is 1.00 e. The molecule has 0 saturated heterocycles. The average molecular weight is 488 g/mol. The number of nitrogens with zero attached hydrogens (tertiary/aromatic N) is 1. The predicted octanol–water partition coefficient (Wildman–Crippen LogP) is 2.71. The van der Waals surface area contributed by atoms with E-state index in [4.69, 9.17) is 14.1 Å². The minimum atomic E-state index is -1.24. The molecule has 1 heterocycles. The van der Waals surface area contributed by atoms with Gasteiger partial charge in [0.15, 0.2) is 11.7 Å². The second-order valence-electron chi connectivity index (χ2n) is 8.67. The first-order valence-corrected chi connectivity index (χ1v) is 11.9. The summed E-state index contributed by atoms with van der Waals surface area (Å²) in [5.74, 6) is 0.766. The van der Waals surface area contributed by atoms with Gasteiger partial charge in [-0.2, -0.15) is 0 Å². The number of oxazole rings is 1. The number of hydrogen-bond donors (Lipinski definition) is 0. The topological polar surface area (TPSA) is 75.4 Å². The number of carboxylic acid groups (broad SMARTS) is 1. The third-order valence-electron chi connectivity index (χ3n) is 6.24. The molecule has 0 aliphatic heterocycles. The van der Waals surface area contributed by atoms with Gasteiger partial charge in [-0.15, -0.1) is 0 Å². The van der Waals surface area contributed by atoms with Crippen molar-refractivity contribution in [3.8, 4) is 28.3 Å². The zero-order valence-corrected chi connectivity index (χ0v) is 22.4. The summed E-state index contributed by atoms with van der Waals surface area (Å²) in [6.45, 7) is -0.462. The van der Waals surface area contributed by atoms with Crippen LogP contribution in [-0.2, 0) is 11.2 Å². The maximum Gasteiger partial charge on any atom is 1.00 e. The molecule has 4 aromatic rings. The van der Waals surface area contributed by atoms with Gasteiger partial charge in [-0.1, -0.05) is 78.4 Å². The molecule has 5 rings (SSSR count). The van der Waals surface area contributed by atoms with Gasteiger partial charge in [-0.25, -0.2) is 4.98 Å². The van der Waals surface area contributed by atoms with E-state index in [0.717, 1.165) is 53.8 Å². The molecule has 3 aromatic carbocycles. The van der Waals surface area contributed by atoms with Gasteiger partial charge in [0.05, 0.1) is 5.97 Å². The second-order valence-corrected chi connectivity index (χ2v) is 8.67. The number of ether oxygens (including phenoxy) is 1. The number of aliphatic carboxylic acids is 1.